The fourth-order valence-electron chi connectivity index (χ4n) is 1.02. The molecule has 0 saturated carbocycles. The average Bonchev–Trinajstić information content (AvgIpc) is 2.30. The Morgan fingerprint density at radius 1 is 1.27 bits per heavy atom. The monoisotopic (exact) mass is 206 g/mol. The summed E-state index contributed by atoms with van der Waals surface area (Å²) in [7, 11) is 0. The van der Waals surface area contributed by atoms with Crippen molar-refractivity contribution in [2.45, 2.75) is 0 Å². The van der Waals surface area contributed by atoms with Crippen LogP contribution in [0.2, 0.25) is 0 Å². The maximum absolute atomic E-state index is 11.4. The van der Waals surface area contributed by atoms with E-state index in [0.717, 1.165) is 0 Å². The van der Waals surface area contributed by atoms with Crippen LogP contribution in [0.3, 0.4) is 0 Å². The van der Waals surface area contributed by atoms with E-state index in [4.69, 9.17) is 9.47 Å². The summed E-state index contributed by atoms with van der Waals surface area (Å²) in [5, 5.41) is 0. The van der Waals surface area contributed by atoms with Gasteiger partial charge in [-0.25, -0.2) is 4.79 Å². The van der Waals surface area contributed by atoms with E-state index in [2.05, 4.69) is 6.58 Å². The molecule has 80 valence electrons. The Morgan fingerprint density at radius 2 is 2.00 bits per heavy atom. The van der Waals surface area contributed by atoms with Gasteiger partial charge in [0.1, 0.15) is 6.61 Å². The SMILES string of the molecule is C=CCOCCOC(=O)c1ccccc1. The van der Waals surface area contributed by atoms with Crippen molar-refractivity contribution in [3.05, 3.63) is 48.6 Å². The minimum Gasteiger partial charge on any atom is -0.460 e. The molecule has 0 aromatic heterocycles. The molecule has 0 N–H and O–H groups in total. The zero-order valence-electron chi connectivity index (χ0n) is 8.52. The molecule has 0 heterocycles. The van der Waals surface area contributed by atoms with Crippen LogP contribution >= 0.6 is 0 Å². The smallest absolute Gasteiger partial charge is 0.338 e. The fourth-order valence-corrected chi connectivity index (χ4v) is 1.02. The van der Waals surface area contributed by atoms with Gasteiger partial charge in [-0.3, -0.25) is 0 Å². The van der Waals surface area contributed by atoms with E-state index < -0.39 is 0 Å². The fraction of sp³-hybridized carbons (Fsp3) is 0.250. The van der Waals surface area contributed by atoms with Crippen molar-refractivity contribution in [1.29, 1.82) is 0 Å². The molecule has 15 heavy (non-hydrogen) atoms. The number of carbonyl (C=O) groups is 1. The molecule has 0 aliphatic carbocycles. The highest BCUT2D eigenvalue weighted by Crippen LogP contribution is 2.00. The highest BCUT2D eigenvalue weighted by Gasteiger charge is 2.04. The van der Waals surface area contributed by atoms with Gasteiger partial charge in [-0.05, 0) is 12.1 Å². The average molecular weight is 206 g/mol. The number of hydrogen-bond donors (Lipinski definition) is 0. The molecule has 3 heteroatoms. The number of esters is 1. The maximum atomic E-state index is 11.4. The van der Waals surface area contributed by atoms with E-state index in [1.807, 2.05) is 6.07 Å². The lowest BCUT2D eigenvalue weighted by atomic mass is 10.2. The second kappa shape index (κ2) is 6.79. The van der Waals surface area contributed by atoms with E-state index >= 15 is 0 Å². The highest BCUT2D eigenvalue weighted by molar-refractivity contribution is 5.89. The lowest BCUT2D eigenvalue weighted by Crippen LogP contribution is -2.10. The van der Waals surface area contributed by atoms with Crippen LogP contribution in [-0.4, -0.2) is 25.8 Å². The topological polar surface area (TPSA) is 35.5 Å². The van der Waals surface area contributed by atoms with Crippen LogP contribution in [0.15, 0.2) is 43.0 Å². The summed E-state index contributed by atoms with van der Waals surface area (Å²) in [6, 6.07) is 8.87. The van der Waals surface area contributed by atoms with Crippen molar-refractivity contribution in [2.75, 3.05) is 19.8 Å². The van der Waals surface area contributed by atoms with Crippen LogP contribution < -0.4 is 0 Å². The Labute approximate surface area is 89.3 Å². The molecule has 0 aliphatic rings. The molecule has 1 rings (SSSR count). The molecule has 3 nitrogen and oxygen atoms in total. The number of ether oxygens (including phenoxy) is 2. The van der Waals surface area contributed by atoms with Crippen molar-refractivity contribution in [3.63, 3.8) is 0 Å². The van der Waals surface area contributed by atoms with Crippen LogP contribution in [0.1, 0.15) is 10.4 Å². The third kappa shape index (κ3) is 4.42. The van der Waals surface area contributed by atoms with Crippen LogP contribution in [0.4, 0.5) is 0 Å². The quantitative estimate of drug-likeness (QED) is 0.406. The van der Waals surface area contributed by atoms with Gasteiger partial charge in [0.25, 0.3) is 0 Å². The van der Waals surface area contributed by atoms with E-state index in [1.54, 1.807) is 30.3 Å². The van der Waals surface area contributed by atoms with Crippen LogP contribution in [0.25, 0.3) is 0 Å². The molecule has 1 aromatic carbocycles. The lowest BCUT2D eigenvalue weighted by molar-refractivity contribution is 0.0354. The molecule has 0 aliphatic heterocycles. The molecular formula is C12H14O3. The van der Waals surface area contributed by atoms with E-state index in [0.29, 0.717) is 18.8 Å². The predicted octanol–water partition coefficient (Wildman–Crippen LogP) is 2.05. The Kier molecular flexibility index (Phi) is 5.19. The van der Waals surface area contributed by atoms with Crippen LogP contribution in [-0.2, 0) is 9.47 Å². The summed E-state index contributed by atoms with van der Waals surface area (Å²) in [5.74, 6) is -0.321. The molecule has 0 unspecified atom stereocenters. The number of carbonyl (C=O) groups excluding carboxylic acids is 1. The molecule has 0 fully saturated rings. The third-order valence-electron chi connectivity index (χ3n) is 1.71. The number of rotatable bonds is 6. The molecule has 1 aromatic rings. The molecule has 0 radical (unpaired) electrons. The molecular weight excluding hydrogens is 192 g/mol. The Balaban J connectivity index is 2.22. The number of hydrogen-bond acceptors (Lipinski definition) is 3. The largest absolute Gasteiger partial charge is 0.460 e. The first-order valence-electron chi connectivity index (χ1n) is 4.75. The Bertz CT molecular complexity index is 306. The second-order valence-corrected chi connectivity index (χ2v) is 2.87. The van der Waals surface area contributed by atoms with Gasteiger partial charge in [0.2, 0.25) is 0 Å². The summed E-state index contributed by atoms with van der Waals surface area (Å²) in [5.41, 5.74) is 0.557. The molecule has 0 atom stereocenters. The molecule has 0 spiro atoms. The van der Waals surface area contributed by atoms with Gasteiger partial charge >= 0.3 is 5.97 Å². The Hall–Kier alpha value is -1.61. The normalized spacial score (nSPS) is 9.60. The first-order chi connectivity index (χ1) is 7.34. The summed E-state index contributed by atoms with van der Waals surface area (Å²) < 4.78 is 10.1. The van der Waals surface area contributed by atoms with Crippen molar-refractivity contribution in [1.82, 2.24) is 0 Å². The highest BCUT2D eigenvalue weighted by atomic mass is 16.6. The molecule has 0 amide bonds. The van der Waals surface area contributed by atoms with Gasteiger partial charge in [0, 0.05) is 0 Å². The zero-order chi connectivity index (χ0) is 10.9. The predicted molar refractivity (Wildman–Crippen MR) is 57.7 cm³/mol. The van der Waals surface area contributed by atoms with Gasteiger partial charge in [0.15, 0.2) is 0 Å². The van der Waals surface area contributed by atoms with Crippen molar-refractivity contribution in [3.8, 4) is 0 Å². The van der Waals surface area contributed by atoms with Gasteiger partial charge in [0.05, 0.1) is 18.8 Å². The Morgan fingerprint density at radius 3 is 2.67 bits per heavy atom. The van der Waals surface area contributed by atoms with E-state index in [1.165, 1.54) is 0 Å². The van der Waals surface area contributed by atoms with Gasteiger partial charge in [-0.15, -0.1) is 6.58 Å². The minimum absolute atomic E-state index is 0.265. The molecule has 0 bridgehead atoms. The first-order valence-corrected chi connectivity index (χ1v) is 4.75. The summed E-state index contributed by atoms with van der Waals surface area (Å²) in [6.07, 6.45) is 1.65. The maximum Gasteiger partial charge on any atom is 0.338 e. The lowest BCUT2D eigenvalue weighted by Gasteiger charge is -2.04. The standard InChI is InChI=1S/C12H14O3/c1-2-8-14-9-10-15-12(13)11-6-4-3-5-7-11/h2-7H,1,8-10H2. The van der Waals surface area contributed by atoms with Crippen molar-refractivity contribution >= 4 is 5.97 Å². The zero-order valence-corrected chi connectivity index (χ0v) is 8.52. The number of benzene rings is 1. The van der Waals surface area contributed by atoms with Gasteiger partial charge in [-0.1, -0.05) is 24.3 Å². The van der Waals surface area contributed by atoms with Crippen LogP contribution in [0, 0.1) is 0 Å². The van der Waals surface area contributed by atoms with Crippen LogP contribution in [0.5, 0.6) is 0 Å². The van der Waals surface area contributed by atoms with Gasteiger partial charge in [-0.2, -0.15) is 0 Å². The first kappa shape index (κ1) is 11.5. The van der Waals surface area contributed by atoms with Gasteiger partial charge < -0.3 is 9.47 Å². The summed E-state index contributed by atoms with van der Waals surface area (Å²) in [4.78, 5) is 11.4. The van der Waals surface area contributed by atoms with E-state index in [9.17, 15) is 4.79 Å². The van der Waals surface area contributed by atoms with Crippen molar-refractivity contribution < 1.29 is 14.3 Å². The summed E-state index contributed by atoms with van der Waals surface area (Å²) >= 11 is 0. The second-order valence-electron chi connectivity index (χ2n) is 2.87. The molecule has 0 saturated heterocycles. The minimum atomic E-state index is -0.321. The van der Waals surface area contributed by atoms with Crippen molar-refractivity contribution in [2.24, 2.45) is 0 Å². The summed E-state index contributed by atoms with van der Waals surface area (Å²) in [6.45, 7) is 4.64. The van der Waals surface area contributed by atoms with E-state index in [-0.39, 0.29) is 12.6 Å². The third-order valence-corrected chi connectivity index (χ3v) is 1.71.